The van der Waals surface area contributed by atoms with E-state index < -0.39 is 42.5 Å². The number of hydrogen-bond acceptors (Lipinski definition) is 7. The number of methoxy groups -OCH3 is 1. The Morgan fingerprint density at radius 3 is 2.62 bits per heavy atom. The number of amides is 2. The zero-order valence-electron chi connectivity index (χ0n) is 17.5. The minimum absolute atomic E-state index is 0.0650. The molecular formula is C20H28F3N3O6. The van der Waals surface area contributed by atoms with Crippen LogP contribution in [0.5, 0.6) is 5.75 Å². The third-order valence-electron chi connectivity index (χ3n) is 5.62. The molecule has 0 aromatic heterocycles. The van der Waals surface area contributed by atoms with Crippen LogP contribution in [0.1, 0.15) is 12.8 Å². The minimum Gasteiger partial charge on any atom is -0.406 e. The third kappa shape index (κ3) is 6.23. The van der Waals surface area contributed by atoms with E-state index in [1.54, 1.807) is 7.11 Å². The number of ether oxygens (including phenoxy) is 3. The Morgan fingerprint density at radius 1 is 1.28 bits per heavy atom. The van der Waals surface area contributed by atoms with Crippen molar-refractivity contribution in [1.82, 2.24) is 10.2 Å². The van der Waals surface area contributed by atoms with E-state index in [0.717, 1.165) is 31.5 Å². The van der Waals surface area contributed by atoms with Gasteiger partial charge in [-0.3, -0.25) is 4.90 Å². The summed E-state index contributed by atoms with van der Waals surface area (Å²) >= 11 is 0. The van der Waals surface area contributed by atoms with E-state index >= 15 is 0 Å². The lowest BCUT2D eigenvalue weighted by molar-refractivity contribution is -0.274. The molecule has 2 heterocycles. The molecule has 2 aliphatic heterocycles. The quantitative estimate of drug-likeness (QED) is 0.460. The number of anilines is 1. The molecular weight excluding hydrogens is 435 g/mol. The molecule has 32 heavy (non-hydrogen) atoms. The number of nitrogens with zero attached hydrogens (tertiary/aromatic N) is 1. The predicted octanol–water partition coefficient (Wildman–Crippen LogP) is 1.31. The average Bonchev–Trinajstić information content (AvgIpc) is 3.30. The first-order valence-corrected chi connectivity index (χ1v) is 10.3. The number of carbonyl (C=O) groups is 1. The number of nitrogens with one attached hydrogen (secondary N) is 2. The molecule has 0 saturated carbocycles. The summed E-state index contributed by atoms with van der Waals surface area (Å²) in [5, 5.41) is 25.4. The molecule has 0 bridgehead atoms. The van der Waals surface area contributed by atoms with Gasteiger partial charge in [0.1, 0.15) is 18.0 Å². The molecule has 5 atom stereocenters. The Labute approximate surface area is 183 Å². The van der Waals surface area contributed by atoms with E-state index in [0.29, 0.717) is 6.61 Å². The van der Waals surface area contributed by atoms with Crippen LogP contribution in [0.15, 0.2) is 24.3 Å². The number of likely N-dealkylation sites (tertiary alicyclic amines) is 1. The largest absolute Gasteiger partial charge is 0.573 e. The van der Waals surface area contributed by atoms with Gasteiger partial charge in [0.25, 0.3) is 0 Å². The summed E-state index contributed by atoms with van der Waals surface area (Å²) in [5.74, 6) is -0.397. The van der Waals surface area contributed by atoms with Crippen LogP contribution in [-0.4, -0.2) is 91.3 Å². The molecule has 4 N–H and O–H groups in total. The minimum atomic E-state index is -4.79. The molecule has 1 aromatic rings. The van der Waals surface area contributed by atoms with Gasteiger partial charge in [-0.1, -0.05) is 0 Å². The van der Waals surface area contributed by atoms with Crippen molar-refractivity contribution in [3.8, 4) is 5.75 Å². The monoisotopic (exact) mass is 463 g/mol. The summed E-state index contributed by atoms with van der Waals surface area (Å²) in [6.45, 7) is 0.957. The van der Waals surface area contributed by atoms with E-state index in [2.05, 4.69) is 20.3 Å². The van der Waals surface area contributed by atoms with Crippen LogP contribution >= 0.6 is 0 Å². The summed E-state index contributed by atoms with van der Waals surface area (Å²) in [7, 11) is 1.61. The van der Waals surface area contributed by atoms with E-state index in [1.807, 2.05) is 0 Å². The van der Waals surface area contributed by atoms with Crippen LogP contribution in [0.3, 0.4) is 0 Å². The van der Waals surface area contributed by atoms with Gasteiger partial charge in [-0.05, 0) is 43.7 Å². The highest BCUT2D eigenvalue weighted by molar-refractivity contribution is 5.89. The van der Waals surface area contributed by atoms with Gasteiger partial charge in [0, 0.05) is 25.4 Å². The average molecular weight is 463 g/mol. The maximum atomic E-state index is 12.3. The molecule has 0 spiro atoms. The maximum absolute atomic E-state index is 12.3. The van der Waals surface area contributed by atoms with Gasteiger partial charge in [-0.2, -0.15) is 0 Å². The van der Waals surface area contributed by atoms with Crippen molar-refractivity contribution in [3.63, 3.8) is 0 Å². The fourth-order valence-electron chi connectivity index (χ4n) is 4.29. The first kappa shape index (κ1) is 24.5. The van der Waals surface area contributed by atoms with Crippen LogP contribution in [-0.2, 0) is 9.47 Å². The summed E-state index contributed by atoms with van der Waals surface area (Å²) in [6, 6.07) is 3.83. The summed E-state index contributed by atoms with van der Waals surface area (Å²) in [5.41, 5.74) is 0.272. The molecule has 2 saturated heterocycles. The van der Waals surface area contributed by atoms with Crippen molar-refractivity contribution < 1.29 is 42.4 Å². The van der Waals surface area contributed by atoms with Gasteiger partial charge < -0.3 is 35.1 Å². The van der Waals surface area contributed by atoms with Gasteiger partial charge in [-0.15, -0.1) is 13.2 Å². The summed E-state index contributed by atoms with van der Waals surface area (Å²) < 4.78 is 51.6. The third-order valence-corrected chi connectivity index (χ3v) is 5.62. The first-order chi connectivity index (χ1) is 15.2. The number of urea groups is 1. The van der Waals surface area contributed by atoms with E-state index in [-0.39, 0.29) is 24.9 Å². The molecule has 0 radical (unpaired) electrons. The smallest absolute Gasteiger partial charge is 0.406 e. The number of aliphatic hydroxyl groups is 2. The fourth-order valence-corrected chi connectivity index (χ4v) is 4.29. The lowest BCUT2D eigenvalue weighted by Gasteiger charge is -2.34. The van der Waals surface area contributed by atoms with Crippen molar-refractivity contribution >= 4 is 11.7 Å². The summed E-state index contributed by atoms with van der Waals surface area (Å²) in [4.78, 5) is 14.4. The number of aliphatic hydroxyl groups excluding tert-OH is 2. The molecule has 2 fully saturated rings. The molecule has 1 aromatic carbocycles. The van der Waals surface area contributed by atoms with Crippen molar-refractivity contribution in [2.45, 2.75) is 49.6 Å². The molecule has 0 aliphatic carbocycles. The topological polar surface area (TPSA) is 113 Å². The molecule has 0 unspecified atom stereocenters. The Bertz CT molecular complexity index is 751. The van der Waals surface area contributed by atoms with Gasteiger partial charge in [0.2, 0.25) is 0 Å². The van der Waals surface area contributed by atoms with Crippen LogP contribution < -0.4 is 15.4 Å². The van der Waals surface area contributed by atoms with Gasteiger partial charge >= 0.3 is 12.4 Å². The Morgan fingerprint density at radius 2 is 2.00 bits per heavy atom. The Hall–Kier alpha value is -2.12. The molecule has 9 nitrogen and oxygen atoms in total. The molecule has 2 amide bonds. The van der Waals surface area contributed by atoms with E-state index in [9.17, 15) is 28.2 Å². The SMILES string of the molecule is COC[C@H]1CCCN1[C@@H]1[C@H](O)[C@H](CO)O[C@@H]1CNC(=O)Nc1ccc(OC(F)(F)F)cc1. The van der Waals surface area contributed by atoms with Crippen molar-refractivity contribution in [1.29, 1.82) is 0 Å². The number of alkyl halides is 3. The van der Waals surface area contributed by atoms with Gasteiger partial charge in [0.15, 0.2) is 0 Å². The first-order valence-electron chi connectivity index (χ1n) is 10.3. The van der Waals surface area contributed by atoms with Crippen molar-refractivity contribution in [2.75, 3.05) is 38.7 Å². The highest BCUT2D eigenvalue weighted by Gasteiger charge is 2.48. The second kappa shape index (κ2) is 10.7. The van der Waals surface area contributed by atoms with Crippen molar-refractivity contribution in [2.24, 2.45) is 0 Å². The fraction of sp³-hybridized carbons (Fsp3) is 0.650. The van der Waals surface area contributed by atoms with Crippen LogP contribution in [0, 0.1) is 0 Å². The highest BCUT2D eigenvalue weighted by atomic mass is 19.4. The Balaban J connectivity index is 1.57. The van der Waals surface area contributed by atoms with E-state index in [4.69, 9.17) is 9.47 Å². The summed E-state index contributed by atoms with van der Waals surface area (Å²) in [6.07, 6.45) is -5.19. The van der Waals surface area contributed by atoms with Crippen LogP contribution in [0.25, 0.3) is 0 Å². The van der Waals surface area contributed by atoms with Crippen LogP contribution in [0.2, 0.25) is 0 Å². The van der Waals surface area contributed by atoms with Crippen molar-refractivity contribution in [3.05, 3.63) is 24.3 Å². The Kier molecular flexibility index (Phi) is 8.17. The maximum Gasteiger partial charge on any atom is 0.573 e. The molecule has 2 aliphatic rings. The lowest BCUT2D eigenvalue weighted by atomic mass is 10.0. The number of rotatable bonds is 8. The second-order valence-corrected chi connectivity index (χ2v) is 7.77. The molecule has 180 valence electrons. The predicted molar refractivity (Wildman–Crippen MR) is 107 cm³/mol. The zero-order valence-corrected chi connectivity index (χ0v) is 17.5. The number of benzene rings is 1. The normalized spacial score (nSPS) is 28.6. The lowest BCUT2D eigenvalue weighted by Crippen LogP contribution is -2.53. The van der Waals surface area contributed by atoms with E-state index in [1.165, 1.54) is 12.1 Å². The van der Waals surface area contributed by atoms with Gasteiger partial charge in [0.05, 0.1) is 25.4 Å². The van der Waals surface area contributed by atoms with Gasteiger partial charge in [-0.25, -0.2) is 4.79 Å². The number of halogens is 3. The molecule has 12 heteroatoms. The zero-order chi connectivity index (χ0) is 23.3. The highest BCUT2D eigenvalue weighted by Crippen LogP contribution is 2.31. The second-order valence-electron chi connectivity index (χ2n) is 7.77. The standard InChI is InChI=1S/C20H28F3N3O6/c1-30-11-13-3-2-8-26(13)17-15(31-16(10-27)18(17)28)9-24-19(29)25-12-4-6-14(7-5-12)32-20(21,22)23/h4-7,13,15-18,27-28H,2-3,8-11H2,1H3,(H2,24,25,29)/t13-,15-,16+,17+,18-/m1/s1. The van der Waals surface area contributed by atoms with Crippen LogP contribution in [0.4, 0.5) is 23.7 Å². The molecule has 3 rings (SSSR count). The number of hydrogen-bond donors (Lipinski definition) is 4. The number of carbonyl (C=O) groups excluding carboxylic acids is 1.